The molecule has 0 bridgehead atoms. The van der Waals surface area contributed by atoms with E-state index in [0.717, 1.165) is 11.4 Å². The molecule has 2 aliphatic rings. The Labute approximate surface area is 108 Å². The van der Waals surface area contributed by atoms with Crippen molar-refractivity contribution >= 4 is 11.6 Å². The van der Waals surface area contributed by atoms with Crippen LogP contribution in [-0.2, 0) is 4.79 Å². The van der Waals surface area contributed by atoms with E-state index in [4.69, 9.17) is 4.74 Å². The van der Waals surface area contributed by atoms with E-state index in [0.29, 0.717) is 11.8 Å². The Balaban J connectivity index is 1.68. The van der Waals surface area contributed by atoms with Crippen LogP contribution in [0.15, 0.2) is 24.3 Å². The van der Waals surface area contributed by atoms with Crippen molar-refractivity contribution in [2.45, 2.75) is 25.7 Å². The van der Waals surface area contributed by atoms with E-state index in [1.165, 1.54) is 25.7 Å². The number of fused-ring (bicyclic) bond motifs is 1. The summed E-state index contributed by atoms with van der Waals surface area (Å²) in [6.45, 7) is 0. The number of para-hydroxylation sites is 2. The van der Waals surface area contributed by atoms with Gasteiger partial charge in [-0.05, 0) is 36.8 Å². The van der Waals surface area contributed by atoms with Gasteiger partial charge in [0.2, 0.25) is 5.91 Å². The summed E-state index contributed by atoms with van der Waals surface area (Å²) >= 11 is 0. The van der Waals surface area contributed by atoms with Crippen molar-refractivity contribution in [1.82, 2.24) is 0 Å². The van der Waals surface area contributed by atoms with Crippen molar-refractivity contribution in [3.63, 3.8) is 0 Å². The number of benzene rings is 1. The van der Waals surface area contributed by atoms with Crippen LogP contribution in [0, 0.1) is 17.8 Å². The number of carbonyl (C=O) groups excluding carboxylic acids is 1. The molecule has 0 unspecified atom stereocenters. The van der Waals surface area contributed by atoms with Gasteiger partial charge in [-0.25, -0.2) is 0 Å². The van der Waals surface area contributed by atoms with Crippen LogP contribution < -0.4 is 10.1 Å². The lowest BCUT2D eigenvalue weighted by atomic mass is 10.0. The fourth-order valence-corrected chi connectivity index (χ4v) is 3.35. The molecule has 2 saturated carbocycles. The Morgan fingerprint density at radius 2 is 1.89 bits per heavy atom. The number of rotatable bonds is 3. The van der Waals surface area contributed by atoms with Gasteiger partial charge in [0.05, 0.1) is 12.8 Å². The molecular formula is C15H19NO2. The lowest BCUT2D eigenvalue weighted by Gasteiger charge is -2.09. The monoisotopic (exact) mass is 245 g/mol. The Morgan fingerprint density at radius 3 is 2.56 bits per heavy atom. The van der Waals surface area contributed by atoms with Gasteiger partial charge in [0, 0.05) is 5.92 Å². The van der Waals surface area contributed by atoms with Gasteiger partial charge in [-0.3, -0.25) is 4.79 Å². The molecule has 0 aliphatic heterocycles. The smallest absolute Gasteiger partial charge is 0.228 e. The highest BCUT2D eigenvalue weighted by Crippen LogP contribution is 2.55. The molecule has 0 aromatic heterocycles. The van der Waals surface area contributed by atoms with Gasteiger partial charge in [0.15, 0.2) is 0 Å². The van der Waals surface area contributed by atoms with E-state index in [9.17, 15) is 4.79 Å². The highest BCUT2D eigenvalue weighted by molar-refractivity contribution is 5.96. The third-order valence-corrected chi connectivity index (χ3v) is 4.32. The largest absolute Gasteiger partial charge is 0.495 e. The van der Waals surface area contributed by atoms with E-state index in [1.807, 2.05) is 24.3 Å². The molecule has 1 amide bonds. The number of methoxy groups -OCH3 is 1. The fraction of sp³-hybridized carbons (Fsp3) is 0.533. The fourth-order valence-electron chi connectivity index (χ4n) is 3.35. The molecule has 3 rings (SSSR count). The molecule has 1 aromatic rings. The average molecular weight is 245 g/mol. The number of nitrogens with one attached hydrogen (secondary N) is 1. The Hall–Kier alpha value is -1.51. The normalized spacial score (nSPS) is 29.3. The average Bonchev–Trinajstić information content (AvgIpc) is 3.13. The van der Waals surface area contributed by atoms with Crippen LogP contribution in [0.5, 0.6) is 5.75 Å². The molecule has 1 aromatic carbocycles. The number of hydrogen-bond acceptors (Lipinski definition) is 2. The number of amides is 1. The first-order chi connectivity index (χ1) is 8.81. The van der Waals surface area contributed by atoms with Gasteiger partial charge in [-0.15, -0.1) is 0 Å². The zero-order chi connectivity index (χ0) is 12.5. The van der Waals surface area contributed by atoms with Crippen molar-refractivity contribution in [3.8, 4) is 5.75 Å². The minimum atomic E-state index is 0.177. The molecule has 18 heavy (non-hydrogen) atoms. The number of anilines is 1. The van der Waals surface area contributed by atoms with Crippen LogP contribution in [-0.4, -0.2) is 13.0 Å². The maximum atomic E-state index is 12.2. The van der Waals surface area contributed by atoms with E-state index in [1.54, 1.807) is 7.11 Å². The van der Waals surface area contributed by atoms with Crippen molar-refractivity contribution in [3.05, 3.63) is 24.3 Å². The van der Waals surface area contributed by atoms with Crippen molar-refractivity contribution in [1.29, 1.82) is 0 Å². The van der Waals surface area contributed by atoms with Crippen molar-refractivity contribution in [2.24, 2.45) is 17.8 Å². The number of ether oxygens (including phenoxy) is 1. The van der Waals surface area contributed by atoms with Crippen LogP contribution >= 0.6 is 0 Å². The molecule has 1 N–H and O–H groups in total. The summed E-state index contributed by atoms with van der Waals surface area (Å²) in [5.41, 5.74) is 0.786. The van der Waals surface area contributed by atoms with Gasteiger partial charge < -0.3 is 10.1 Å². The molecule has 2 atom stereocenters. The lowest BCUT2D eigenvalue weighted by molar-refractivity contribution is -0.117. The van der Waals surface area contributed by atoms with Gasteiger partial charge in [-0.1, -0.05) is 25.0 Å². The van der Waals surface area contributed by atoms with Crippen molar-refractivity contribution < 1.29 is 9.53 Å². The summed E-state index contributed by atoms with van der Waals surface area (Å²) in [7, 11) is 1.63. The first-order valence-corrected chi connectivity index (χ1v) is 6.75. The molecule has 0 radical (unpaired) electrons. The molecule has 0 saturated heterocycles. The van der Waals surface area contributed by atoms with E-state index < -0.39 is 0 Å². The summed E-state index contributed by atoms with van der Waals surface area (Å²) in [5.74, 6) is 2.45. The maximum Gasteiger partial charge on any atom is 0.228 e. The first-order valence-electron chi connectivity index (χ1n) is 6.75. The van der Waals surface area contributed by atoms with Crippen LogP contribution in [0.25, 0.3) is 0 Å². The maximum absolute atomic E-state index is 12.2. The van der Waals surface area contributed by atoms with Crippen LogP contribution in [0.3, 0.4) is 0 Å². The van der Waals surface area contributed by atoms with Crippen LogP contribution in [0.4, 0.5) is 5.69 Å². The highest BCUT2D eigenvalue weighted by Gasteiger charge is 2.54. The van der Waals surface area contributed by atoms with Crippen molar-refractivity contribution in [2.75, 3.05) is 12.4 Å². The topological polar surface area (TPSA) is 38.3 Å². The predicted octanol–water partition coefficient (Wildman–Crippen LogP) is 3.07. The Kier molecular flexibility index (Phi) is 2.98. The molecule has 3 heteroatoms. The summed E-state index contributed by atoms with van der Waals surface area (Å²) < 4.78 is 5.25. The number of hydrogen-bond donors (Lipinski definition) is 1. The molecule has 2 fully saturated rings. The van der Waals surface area contributed by atoms with Crippen LogP contribution in [0.2, 0.25) is 0 Å². The minimum absolute atomic E-state index is 0.177. The first kappa shape index (κ1) is 11.6. The molecule has 96 valence electrons. The van der Waals surface area contributed by atoms with Gasteiger partial charge in [0.1, 0.15) is 5.75 Å². The molecule has 0 heterocycles. The number of carbonyl (C=O) groups is 1. The second kappa shape index (κ2) is 4.63. The molecule has 3 nitrogen and oxygen atoms in total. The SMILES string of the molecule is COc1ccccc1NC(=O)C1[C@H]2CCCC[C@H]12. The van der Waals surface area contributed by atoms with E-state index in [2.05, 4.69) is 5.32 Å². The van der Waals surface area contributed by atoms with Gasteiger partial charge in [-0.2, -0.15) is 0 Å². The summed E-state index contributed by atoms with van der Waals surface area (Å²) in [6.07, 6.45) is 5.04. The Bertz CT molecular complexity index is 446. The molecule has 0 spiro atoms. The molecule has 2 aliphatic carbocycles. The third-order valence-electron chi connectivity index (χ3n) is 4.32. The van der Waals surface area contributed by atoms with Crippen LogP contribution in [0.1, 0.15) is 25.7 Å². The summed E-state index contributed by atoms with van der Waals surface area (Å²) in [4.78, 5) is 12.2. The Morgan fingerprint density at radius 1 is 1.22 bits per heavy atom. The second-order valence-corrected chi connectivity index (χ2v) is 5.33. The summed E-state index contributed by atoms with van der Waals surface area (Å²) in [5, 5.41) is 3.02. The van der Waals surface area contributed by atoms with Gasteiger partial charge >= 0.3 is 0 Å². The standard InChI is InChI=1S/C15H19NO2/c1-18-13-9-5-4-8-12(13)16-15(17)14-10-6-2-3-7-11(10)14/h4-5,8-11,14H,2-3,6-7H2,1H3,(H,16,17)/t10-,11-/m0/s1. The second-order valence-electron chi connectivity index (χ2n) is 5.33. The zero-order valence-corrected chi connectivity index (χ0v) is 10.7. The quantitative estimate of drug-likeness (QED) is 0.888. The van der Waals surface area contributed by atoms with Gasteiger partial charge in [0.25, 0.3) is 0 Å². The highest BCUT2D eigenvalue weighted by atomic mass is 16.5. The lowest BCUT2D eigenvalue weighted by Crippen LogP contribution is -2.16. The predicted molar refractivity (Wildman–Crippen MR) is 70.6 cm³/mol. The summed E-state index contributed by atoms with van der Waals surface area (Å²) in [6, 6.07) is 7.59. The minimum Gasteiger partial charge on any atom is -0.495 e. The zero-order valence-electron chi connectivity index (χ0n) is 10.7. The van der Waals surface area contributed by atoms with E-state index in [-0.39, 0.29) is 11.8 Å². The third kappa shape index (κ3) is 1.98. The molecular weight excluding hydrogens is 226 g/mol. The van der Waals surface area contributed by atoms with E-state index >= 15 is 0 Å².